The van der Waals surface area contributed by atoms with Crippen LogP contribution in [0.3, 0.4) is 0 Å². The maximum atomic E-state index is 13.5. The first kappa shape index (κ1) is 17.9. The molecular formula is C24H23F2N. The molecule has 4 rings (SSSR count). The number of benzene rings is 3. The van der Waals surface area contributed by atoms with Gasteiger partial charge in [0, 0.05) is 12.0 Å². The summed E-state index contributed by atoms with van der Waals surface area (Å²) >= 11 is 0. The number of piperidine rings is 1. The normalized spacial score (nSPS) is 17.0. The molecule has 1 nitrogen and oxygen atoms in total. The molecule has 0 spiro atoms. The van der Waals surface area contributed by atoms with Gasteiger partial charge >= 0.3 is 0 Å². The van der Waals surface area contributed by atoms with Crippen LogP contribution < -0.4 is 0 Å². The summed E-state index contributed by atoms with van der Waals surface area (Å²) in [4.78, 5) is 2.46. The van der Waals surface area contributed by atoms with Crippen LogP contribution in [0.1, 0.15) is 29.5 Å². The van der Waals surface area contributed by atoms with Crippen LogP contribution in [0.5, 0.6) is 0 Å². The zero-order chi connectivity index (χ0) is 18.7. The minimum absolute atomic E-state index is 0.200. The van der Waals surface area contributed by atoms with E-state index in [9.17, 15) is 8.78 Å². The van der Waals surface area contributed by atoms with Crippen molar-refractivity contribution in [3.05, 3.63) is 107 Å². The second-order valence-corrected chi connectivity index (χ2v) is 7.36. The fourth-order valence-corrected chi connectivity index (χ4v) is 4.22. The highest BCUT2D eigenvalue weighted by Gasteiger charge is 2.37. The predicted molar refractivity (Wildman–Crippen MR) is 105 cm³/mol. The Hall–Kier alpha value is -2.52. The number of hydrogen-bond acceptors (Lipinski definition) is 1. The number of likely N-dealkylation sites (tertiary alicyclic amines) is 1. The average Bonchev–Trinajstić information content (AvgIpc) is 2.71. The monoisotopic (exact) mass is 363 g/mol. The van der Waals surface area contributed by atoms with Crippen LogP contribution in [-0.2, 0) is 12.0 Å². The molecule has 1 saturated heterocycles. The van der Waals surface area contributed by atoms with Crippen LogP contribution in [0.25, 0.3) is 0 Å². The first-order valence-corrected chi connectivity index (χ1v) is 9.44. The Bertz CT molecular complexity index is 817. The van der Waals surface area contributed by atoms with Gasteiger partial charge in [-0.2, -0.15) is 0 Å². The van der Waals surface area contributed by atoms with Crippen LogP contribution in [0.4, 0.5) is 8.78 Å². The van der Waals surface area contributed by atoms with E-state index < -0.39 is 0 Å². The Balaban J connectivity index is 1.60. The Labute approximate surface area is 159 Å². The molecular weight excluding hydrogens is 340 g/mol. The molecule has 1 fully saturated rings. The van der Waals surface area contributed by atoms with Crippen molar-refractivity contribution >= 4 is 0 Å². The molecule has 1 aliphatic rings. The van der Waals surface area contributed by atoms with Gasteiger partial charge in [0.2, 0.25) is 0 Å². The van der Waals surface area contributed by atoms with E-state index in [1.54, 1.807) is 0 Å². The fourth-order valence-electron chi connectivity index (χ4n) is 4.22. The van der Waals surface area contributed by atoms with Crippen LogP contribution in [0.15, 0.2) is 78.9 Å². The van der Waals surface area contributed by atoms with Gasteiger partial charge in [-0.1, -0.05) is 54.6 Å². The summed E-state index contributed by atoms with van der Waals surface area (Å²) in [7, 11) is 0. The van der Waals surface area contributed by atoms with Gasteiger partial charge in [0.15, 0.2) is 0 Å². The summed E-state index contributed by atoms with van der Waals surface area (Å²) in [6.45, 7) is 2.83. The minimum atomic E-state index is -0.227. The molecule has 0 amide bonds. The van der Waals surface area contributed by atoms with Gasteiger partial charge < -0.3 is 0 Å². The van der Waals surface area contributed by atoms with Gasteiger partial charge in [-0.25, -0.2) is 8.78 Å². The topological polar surface area (TPSA) is 3.24 Å². The Morgan fingerprint density at radius 3 is 1.63 bits per heavy atom. The third kappa shape index (κ3) is 3.79. The van der Waals surface area contributed by atoms with Gasteiger partial charge in [-0.3, -0.25) is 4.90 Å². The van der Waals surface area contributed by atoms with Crippen molar-refractivity contribution < 1.29 is 8.78 Å². The van der Waals surface area contributed by atoms with Crippen LogP contribution >= 0.6 is 0 Å². The molecule has 1 aliphatic heterocycles. The maximum absolute atomic E-state index is 13.5. The molecule has 1 heterocycles. The van der Waals surface area contributed by atoms with Crippen molar-refractivity contribution in [2.75, 3.05) is 13.1 Å². The van der Waals surface area contributed by atoms with Gasteiger partial charge in [0.25, 0.3) is 0 Å². The Morgan fingerprint density at radius 2 is 1.15 bits per heavy atom. The van der Waals surface area contributed by atoms with Crippen molar-refractivity contribution in [1.29, 1.82) is 0 Å². The van der Waals surface area contributed by atoms with Gasteiger partial charge in [0.1, 0.15) is 11.6 Å². The smallest absolute Gasteiger partial charge is 0.123 e. The van der Waals surface area contributed by atoms with Crippen molar-refractivity contribution in [3.8, 4) is 0 Å². The molecule has 0 radical (unpaired) electrons. The zero-order valence-corrected chi connectivity index (χ0v) is 15.2. The Morgan fingerprint density at radius 1 is 0.667 bits per heavy atom. The second kappa shape index (κ2) is 7.61. The van der Waals surface area contributed by atoms with Crippen LogP contribution in [-0.4, -0.2) is 18.0 Å². The van der Waals surface area contributed by atoms with E-state index in [4.69, 9.17) is 0 Å². The highest BCUT2D eigenvalue weighted by atomic mass is 19.1. The van der Waals surface area contributed by atoms with Gasteiger partial charge in [-0.05, 0) is 66.9 Å². The summed E-state index contributed by atoms with van der Waals surface area (Å²) in [5, 5.41) is 0. The summed E-state index contributed by atoms with van der Waals surface area (Å²) in [5.41, 5.74) is 3.33. The molecule has 0 atom stereocenters. The molecule has 0 aliphatic carbocycles. The van der Waals surface area contributed by atoms with Crippen molar-refractivity contribution in [2.24, 2.45) is 0 Å². The summed E-state index contributed by atoms with van der Waals surface area (Å²) < 4.78 is 27.0. The molecule has 138 valence electrons. The summed E-state index contributed by atoms with van der Waals surface area (Å²) in [6.07, 6.45) is 1.86. The van der Waals surface area contributed by atoms with E-state index in [1.807, 2.05) is 30.3 Å². The third-order valence-corrected chi connectivity index (χ3v) is 5.75. The number of hydrogen-bond donors (Lipinski definition) is 0. The number of rotatable bonds is 4. The minimum Gasteiger partial charge on any atom is -0.299 e. The first-order valence-electron chi connectivity index (χ1n) is 9.44. The molecule has 0 N–H and O–H groups in total. The maximum Gasteiger partial charge on any atom is 0.123 e. The first-order chi connectivity index (χ1) is 13.2. The van der Waals surface area contributed by atoms with E-state index in [2.05, 4.69) is 29.2 Å². The molecule has 27 heavy (non-hydrogen) atoms. The lowest BCUT2D eigenvalue weighted by molar-refractivity contribution is 0.172. The molecule has 0 bridgehead atoms. The second-order valence-electron chi connectivity index (χ2n) is 7.36. The predicted octanol–water partition coefficient (Wildman–Crippen LogP) is 5.55. The lowest BCUT2D eigenvalue weighted by Gasteiger charge is -2.43. The largest absolute Gasteiger partial charge is 0.299 e. The Kier molecular flexibility index (Phi) is 5.04. The van der Waals surface area contributed by atoms with E-state index >= 15 is 0 Å². The standard InChI is InChI=1S/C24H23F2N/c25-22-10-6-20(7-11-22)24(21-8-12-23(26)13-9-21)14-16-27(17-15-24)18-19-4-2-1-3-5-19/h1-13H,14-18H2. The lowest BCUT2D eigenvalue weighted by Crippen LogP contribution is -2.43. The highest BCUT2D eigenvalue weighted by Crippen LogP contribution is 2.42. The van der Waals surface area contributed by atoms with Crippen molar-refractivity contribution in [2.45, 2.75) is 24.8 Å². The van der Waals surface area contributed by atoms with Crippen LogP contribution in [0, 0.1) is 11.6 Å². The molecule has 0 aromatic heterocycles. The van der Waals surface area contributed by atoms with Gasteiger partial charge in [0.05, 0.1) is 0 Å². The summed E-state index contributed by atoms with van der Waals surface area (Å²) in [5.74, 6) is -0.455. The molecule has 3 aromatic rings. The van der Waals surface area contributed by atoms with Gasteiger partial charge in [-0.15, -0.1) is 0 Å². The van der Waals surface area contributed by atoms with Crippen molar-refractivity contribution in [1.82, 2.24) is 4.90 Å². The molecule has 0 saturated carbocycles. The van der Waals surface area contributed by atoms with Crippen molar-refractivity contribution in [3.63, 3.8) is 0 Å². The van der Waals surface area contributed by atoms with E-state index in [-0.39, 0.29) is 17.0 Å². The molecule has 0 unspecified atom stereocenters. The summed E-state index contributed by atoms with van der Waals surface area (Å²) in [6, 6.07) is 24.1. The quantitative estimate of drug-likeness (QED) is 0.588. The third-order valence-electron chi connectivity index (χ3n) is 5.75. The lowest BCUT2D eigenvalue weighted by atomic mass is 9.68. The fraction of sp³-hybridized carbons (Fsp3) is 0.250. The highest BCUT2D eigenvalue weighted by molar-refractivity contribution is 5.40. The van der Waals surface area contributed by atoms with E-state index in [0.717, 1.165) is 43.6 Å². The molecule has 3 heteroatoms. The number of nitrogens with zero attached hydrogens (tertiary/aromatic N) is 1. The van der Waals surface area contributed by atoms with Crippen LogP contribution in [0.2, 0.25) is 0 Å². The van der Waals surface area contributed by atoms with E-state index in [0.29, 0.717) is 0 Å². The SMILES string of the molecule is Fc1ccc(C2(c3ccc(F)cc3)CCN(Cc3ccccc3)CC2)cc1. The average molecular weight is 363 g/mol. The molecule has 3 aromatic carbocycles. The number of halogens is 2. The van der Waals surface area contributed by atoms with E-state index in [1.165, 1.54) is 29.8 Å². The zero-order valence-electron chi connectivity index (χ0n) is 15.2.